The summed E-state index contributed by atoms with van der Waals surface area (Å²) in [4.78, 5) is 24.7. The van der Waals surface area contributed by atoms with Gasteiger partial charge in [0.1, 0.15) is 11.7 Å². The van der Waals surface area contributed by atoms with Gasteiger partial charge in [0.2, 0.25) is 5.72 Å². The number of aliphatic hydroxyl groups is 1. The average Bonchev–Trinajstić information content (AvgIpc) is 3.14. The minimum atomic E-state index is -5.38. The van der Waals surface area contributed by atoms with Crippen molar-refractivity contribution in [3.8, 4) is 5.75 Å². The number of ketones is 1. The largest absolute Gasteiger partial charge is 0.437 e. The lowest BCUT2D eigenvalue weighted by molar-refractivity contribution is -0.287. The number of hydrogen-bond acceptors (Lipinski definition) is 5. The van der Waals surface area contributed by atoms with Crippen molar-refractivity contribution < 1.29 is 41.4 Å². The fourth-order valence-corrected chi connectivity index (χ4v) is 3.75. The number of halogens is 5. The number of hydrogen-bond donors (Lipinski definition) is 3. The Morgan fingerprint density at radius 2 is 1.86 bits per heavy atom. The zero-order valence-electron chi connectivity index (χ0n) is 14.2. The van der Waals surface area contributed by atoms with Crippen LogP contribution in [0.15, 0.2) is 41.8 Å². The molecule has 1 aromatic heterocycles. The smallest absolute Gasteiger partial charge is 0.435 e. The third-order valence-corrected chi connectivity index (χ3v) is 5.20. The number of Topliss-reactive ketones (excluding diaryl/α,β-unsaturated/α-hetero) is 1. The minimum absolute atomic E-state index is 0.0148. The molecule has 1 aliphatic rings. The van der Waals surface area contributed by atoms with Crippen LogP contribution in [0.4, 0.5) is 26.7 Å². The topological polar surface area (TPSA) is 87.7 Å². The summed E-state index contributed by atoms with van der Waals surface area (Å²) in [6.07, 6.45) is -5.38. The standard InChI is InChI=1S/C17H13F5N2O4S/c18-14(19)28-9-5-3-8(4-6-9)12-11(13(25)10-2-1-7-29-10)16(27,17(20,21)22)24-15(26)23-12/h1-7,11-12,14,27H,(H2,23,24,26)/t11-,12-,16-/m1/s1. The quantitative estimate of drug-likeness (QED) is 0.495. The van der Waals surface area contributed by atoms with E-state index in [0.717, 1.165) is 35.6 Å². The number of rotatable bonds is 5. The molecule has 0 unspecified atom stereocenters. The Hall–Kier alpha value is -2.73. The highest BCUT2D eigenvalue weighted by Gasteiger charge is 2.66. The summed E-state index contributed by atoms with van der Waals surface area (Å²) in [5, 5.41) is 15.4. The van der Waals surface area contributed by atoms with Gasteiger partial charge in [-0.1, -0.05) is 18.2 Å². The van der Waals surface area contributed by atoms with Crippen LogP contribution in [0.5, 0.6) is 5.75 Å². The Morgan fingerprint density at radius 3 is 2.38 bits per heavy atom. The first-order valence-electron chi connectivity index (χ1n) is 8.03. The predicted molar refractivity (Wildman–Crippen MR) is 90.6 cm³/mol. The van der Waals surface area contributed by atoms with Gasteiger partial charge >= 0.3 is 18.8 Å². The number of carbonyl (C=O) groups excluding carboxylic acids is 2. The maximum atomic E-state index is 13.7. The molecule has 12 heteroatoms. The lowest BCUT2D eigenvalue weighted by atomic mass is 9.78. The maximum Gasteiger partial charge on any atom is 0.437 e. The van der Waals surface area contributed by atoms with Gasteiger partial charge in [-0.05, 0) is 29.1 Å². The number of ether oxygens (including phenoxy) is 1. The van der Waals surface area contributed by atoms with Crippen LogP contribution in [0.2, 0.25) is 0 Å². The Balaban J connectivity index is 2.06. The van der Waals surface area contributed by atoms with E-state index in [9.17, 15) is 36.6 Å². The van der Waals surface area contributed by atoms with Crippen molar-refractivity contribution in [3.63, 3.8) is 0 Å². The average molecular weight is 436 g/mol. The summed E-state index contributed by atoms with van der Waals surface area (Å²) in [6.45, 7) is -3.11. The van der Waals surface area contributed by atoms with Crippen LogP contribution in [0.1, 0.15) is 21.3 Å². The molecule has 3 rings (SSSR count). The van der Waals surface area contributed by atoms with E-state index < -0.39 is 42.3 Å². The lowest BCUT2D eigenvalue weighted by Crippen LogP contribution is -2.72. The van der Waals surface area contributed by atoms with Gasteiger partial charge in [-0.3, -0.25) is 4.79 Å². The molecule has 3 atom stereocenters. The van der Waals surface area contributed by atoms with Crippen molar-refractivity contribution in [2.75, 3.05) is 0 Å². The first kappa shape index (κ1) is 21.0. The van der Waals surface area contributed by atoms with Crippen LogP contribution in [-0.4, -0.2) is 35.4 Å². The molecule has 156 valence electrons. The Kier molecular flexibility index (Phi) is 5.50. The zero-order valence-corrected chi connectivity index (χ0v) is 15.1. The van der Waals surface area contributed by atoms with E-state index in [-0.39, 0.29) is 16.2 Å². The van der Waals surface area contributed by atoms with Crippen LogP contribution in [0, 0.1) is 5.92 Å². The summed E-state index contributed by atoms with van der Waals surface area (Å²) in [5.41, 5.74) is -3.86. The van der Waals surface area contributed by atoms with E-state index in [0.29, 0.717) is 0 Å². The fourth-order valence-electron chi connectivity index (χ4n) is 3.05. The number of nitrogens with one attached hydrogen (secondary N) is 2. The second kappa shape index (κ2) is 7.59. The Labute approximate surface area is 164 Å². The molecule has 0 saturated carbocycles. The minimum Gasteiger partial charge on any atom is -0.435 e. The summed E-state index contributed by atoms with van der Waals surface area (Å²) in [7, 11) is 0. The summed E-state index contributed by atoms with van der Waals surface area (Å²) >= 11 is 0.872. The van der Waals surface area contributed by atoms with Gasteiger partial charge in [-0.25, -0.2) is 4.79 Å². The fraction of sp³-hybridized carbons (Fsp3) is 0.294. The first-order chi connectivity index (χ1) is 13.5. The number of carbonyl (C=O) groups is 2. The third-order valence-electron chi connectivity index (χ3n) is 4.32. The van der Waals surface area contributed by atoms with E-state index >= 15 is 0 Å². The number of thiophene rings is 1. The van der Waals surface area contributed by atoms with Crippen molar-refractivity contribution in [3.05, 3.63) is 52.2 Å². The van der Waals surface area contributed by atoms with Gasteiger partial charge in [-0.2, -0.15) is 22.0 Å². The highest BCUT2D eigenvalue weighted by Crippen LogP contribution is 2.44. The number of alkyl halides is 5. The molecule has 2 aromatic rings. The Morgan fingerprint density at radius 1 is 1.21 bits per heavy atom. The molecule has 1 saturated heterocycles. The molecular weight excluding hydrogens is 423 g/mol. The SMILES string of the molecule is O=C1N[C@H](c2ccc(OC(F)F)cc2)[C@H](C(=O)c2cccs2)[C@@](O)(C(F)(F)F)N1. The second-order valence-electron chi connectivity index (χ2n) is 6.11. The van der Waals surface area contributed by atoms with Crippen molar-refractivity contribution in [2.24, 2.45) is 5.92 Å². The van der Waals surface area contributed by atoms with E-state index in [1.807, 2.05) is 0 Å². The third kappa shape index (κ3) is 4.03. The molecule has 1 aliphatic heterocycles. The Bertz CT molecular complexity index is 888. The summed E-state index contributed by atoms with van der Waals surface area (Å²) < 4.78 is 69.9. The molecule has 1 fully saturated rings. The molecule has 0 spiro atoms. The summed E-state index contributed by atoms with van der Waals surface area (Å²) in [6, 6.07) is 4.15. The van der Waals surface area contributed by atoms with Gasteiger partial charge in [0.25, 0.3) is 0 Å². The van der Waals surface area contributed by atoms with Crippen LogP contribution < -0.4 is 15.4 Å². The van der Waals surface area contributed by atoms with Crippen LogP contribution in [-0.2, 0) is 0 Å². The molecule has 6 nitrogen and oxygen atoms in total. The normalized spacial score (nSPS) is 24.7. The van der Waals surface area contributed by atoms with E-state index in [4.69, 9.17) is 0 Å². The molecule has 0 aliphatic carbocycles. The zero-order chi connectivity index (χ0) is 21.4. The van der Waals surface area contributed by atoms with Crippen LogP contribution in [0.25, 0.3) is 0 Å². The second-order valence-corrected chi connectivity index (χ2v) is 7.05. The number of benzene rings is 1. The van der Waals surface area contributed by atoms with Crippen molar-refractivity contribution in [1.29, 1.82) is 0 Å². The molecule has 2 amide bonds. The monoisotopic (exact) mass is 436 g/mol. The molecular formula is C17H13F5N2O4S. The van der Waals surface area contributed by atoms with Gasteiger partial charge in [0.15, 0.2) is 5.78 Å². The van der Waals surface area contributed by atoms with E-state index in [1.54, 1.807) is 0 Å². The van der Waals surface area contributed by atoms with E-state index in [1.165, 1.54) is 22.8 Å². The van der Waals surface area contributed by atoms with Crippen molar-refractivity contribution in [2.45, 2.75) is 24.6 Å². The van der Waals surface area contributed by atoms with Gasteiger partial charge in [-0.15, -0.1) is 11.3 Å². The molecule has 2 heterocycles. The first-order valence-corrected chi connectivity index (χ1v) is 8.91. The number of amides is 2. The highest BCUT2D eigenvalue weighted by molar-refractivity contribution is 7.12. The number of urea groups is 1. The molecule has 1 aromatic carbocycles. The van der Waals surface area contributed by atoms with Crippen LogP contribution in [0.3, 0.4) is 0 Å². The van der Waals surface area contributed by atoms with Gasteiger partial charge in [0, 0.05) is 0 Å². The van der Waals surface area contributed by atoms with Crippen molar-refractivity contribution >= 4 is 23.2 Å². The van der Waals surface area contributed by atoms with E-state index in [2.05, 4.69) is 10.1 Å². The van der Waals surface area contributed by atoms with Crippen LogP contribution >= 0.6 is 11.3 Å². The molecule has 29 heavy (non-hydrogen) atoms. The van der Waals surface area contributed by atoms with Gasteiger partial charge in [0.05, 0.1) is 10.9 Å². The highest BCUT2D eigenvalue weighted by atomic mass is 32.1. The molecule has 3 N–H and O–H groups in total. The predicted octanol–water partition coefficient (Wildman–Crippen LogP) is 3.45. The summed E-state index contributed by atoms with van der Waals surface area (Å²) in [5.74, 6) is -3.50. The maximum absolute atomic E-state index is 13.7. The lowest BCUT2D eigenvalue weighted by Gasteiger charge is -2.44. The van der Waals surface area contributed by atoms with Gasteiger partial charge < -0.3 is 20.5 Å². The molecule has 0 radical (unpaired) electrons. The van der Waals surface area contributed by atoms with Crippen molar-refractivity contribution in [1.82, 2.24) is 10.6 Å². The molecule has 0 bridgehead atoms.